The summed E-state index contributed by atoms with van der Waals surface area (Å²) in [5, 5.41) is 5.48. The number of ether oxygens (including phenoxy) is 1. The van der Waals surface area contributed by atoms with Crippen LogP contribution in [0.5, 0.6) is 0 Å². The van der Waals surface area contributed by atoms with E-state index in [2.05, 4.69) is 10.6 Å². The molecule has 3 aromatic carbocycles. The number of rotatable bonds is 10. The lowest BCUT2D eigenvalue weighted by atomic mass is 10.1. The van der Waals surface area contributed by atoms with Crippen LogP contribution in [0.4, 0.5) is 11.4 Å². The van der Waals surface area contributed by atoms with Gasteiger partial charge in [-0.05, 0) is 48.4 Å². The Hall–Kier alpha value is -4.26. The lowest BCUT2D eigenvalue weighted by Crippen LogP contribution is -2.19. The van der Waals surface area contributed by atoms with Crippen LogP contribution in [0.15, 0.2) is 78.9 Å². The summed E-state index contributed by atoms with van der Waals surface area (Å²) in [4.78, 5) is 49.1. The van der Waals surface area contributed by atoms with Gasteiger partial charge in [0.1, 0.15) is 0 Å². The van der Waals surface area contributed by atoms with E-state index in [1.165, 1.54) is 6.07 Å². The highest BCUT2D eigenvalue weighted by atomic mass is 16.5. The number of esters is 1. The Morgan fingerprint density at radius 1 is 0.765 bits per heavy atom. The van der Waals surface area contributed by atoms with Crippen LogP contribution in [0.3, 0.4) is 0 Å². The monoisotopic (exact) mass is 458 g/mol. The molecule has 0 radical (unpaired) electrons. The molecular formula is C27H26N2O5. The summed E-state index contributed by atoms with van der Waals surface area (Å²) in [6.07, 6.45) is 1.33. The predicted molar refractivity (Wildman–Crippen MR) is 130 cm³/mol. The molecule has 0 aliphatic carbocycles. The van der Waals surface area contributed by atoms with Gasteiger partial charge < -0.3 is 15.4 Å². The number of para-hydroxylation sites is 1. The second kappa shape index (κ2) is 12.1. The average molecular weight is 459 g/mol. The molecule has 3 aromatic rings. The summed E-state index contributed by atoms with van der Waals surface area (Å²) >= 11 is 0. The van der Waals surface area contributed by atoms with Crippen LogP contribution in [-0.4, -0.2) is 30.2 Å². The van der Waals surface area contributed by atoms with Crippen LogP contribution in [0.25, 0.3) is 0 Å². The van der Waals surface area contributed by atoms with Crippen molar-refractivity contribution in [2.45, 2.75) is 26.2 Å². The van der Waals surface area contributed by atoms with Gasteiger partial charge in [0.15, 0.2) is 12.4 Å². The Bertz CT molecular complexity index is 1160. The number of ketones is 1. The van der Waals surface area contributed by atoms with E-state index >= 15 is 0 Å². The third-order valence-corrected chi connectivity index (χ3v) is 4.93. The normalized spacial score (nSPS) is 10.3. The summed E-state index contributed by atoms with van der Waals surface area (Å²) in [6, 6.07) is 22.1. The maximum Gasteiger partial charge on any atom is 0.340 e. The molecule has 3 rings (SSSR count). The minimum Gasteiger partial charge on any atom is -0.454 e. The zero-order valence-corrected chi connectivity index (χ0v) is 18.9. The first-order chi connectivity index (χ1) is 16.5. The fourth-order valence-corrected chi connectivity index (χ4v) is 3.23. The zero-order chi connectivity index (χ0) is 24.3. The largest absolute Gasteiger partial charge is 0.454 e. The number of hydrogen-bond acceptors (Lipinski definition) is 5. The van der Waals surface area contributed by atoms with Crippen molar-refractivity contribution in [3.05, 3.63) is 95.6 Å². The highest BCUT2D eigenvalue weighted by Crippen LogP contribution is 2.17. The van der Waals surface area contributed by atoms with Gasteiger partial charge in [-0.3, -0.25) is 14.4 Å². The van der Waals surface area contributed by atoms with Crippen molar-refractivity contribution in [2.24, 2.45) is 0 Å². The molecule has 0 saturated carbocycles. The van der Waals surface area contributed by atoms with Crippen LogP contribution in [-0.2, 0) is 20.7 Å². The minimum absolute atomic E-state index is 0.0926. The topological polar surface area (TPSA) is 102 Å². The summed E-state index contributed by atoms with van der Waals surface area (Å²) < 4.78 is 5.20. The predicted octanol–water partition coefficient (Wildman–Crippen LogP) is 4.65. The molecule has 0 heterocycles. The fourth-order valence-electron chi connectivity index (χ4n) is 3.23. The molecule has 0 saturated heterocycles. The van der Waals surface area contributed by atoms with E-state index in [0.29, 0.717) is 23.4 Å². The number of benzene rings is 3. The molecule has 0 atom stereocenters. The minimum atomic E-state index is -0.715. The number of carbonyl (C=O) groups is 4. The molecular weight excluding hydrogens is 432 g/mol. The summed E-state index contributed by atoms with van der Waals surface area (Å²) in [5.74, 6) is -1.46. The third-order valence-electron chi connectivity index (χ3n) is 4.93. The number of Topliss-reactive ketones (excluding diaryl/α,β-unsaturated/α-hetero) is 1. The van der Waals surface area contributed by atoms with E-state index in [9.17, 15) is 19.2 Å². The Morgan fingerprint density at radius 3 is 2.15 bits per heavy atom. The highest BCUT2D eigenvalue weighted by Gasteiger charge is 2.17. The molecule has 0 fully saturated rings. The average Bonchev–Trinajstić information content (AvgIpc) is 2.84. The molecule has 174 valence electrons. The van der Waals surface area contributed by atoms with Crippen molar-refractivity contribution in [3.63, 3.8) is 0 Å². The van der Waals surface area contributed by atoms with Crippen molar-refractivity contribution >= 4 is 34.9 Å². The van der Waals surface area contributed by atoms with Gasteiger partial charge in [-0.25, -0.2) is 4.79 Å². The Balaban J connectivity index is 1.57. The van der Waals surface area contributed by atoms with E-state index in [0.717, 1.165) is 12.0 Å². The van der Waals surface area contributed by atoms with Crippen LogP contribution in [0.2, 0.25) is 0 Å². The van der Waals surface area contributed by atoms with Crippen LogP contribution < -0.4 is 10.6 Å². The van der Waals surface area contributed by atoms with Gasteiger partial charge in [0, 0.05) is 17.7 Å². The van der Waals surface area contributed by atoms with Gasteiger partial charge in [0.05, 0.1) is 17.7 Å². The molecule has 0 bridgehead atoms. The molecule has 34 heavy (non-hydrogen) atoms. The third kappa shape index (κ3) is 7.13. The smallest absolute Gasteiger partial charge is 0.340 e. The van der Waals surface area contributed by atoms with Gasteiger partial charge >= 0.3 is 5.97 Å². The second-order valence-corrected chi connectivity index (χ2v) is 7.63. The molecule has 0 spiro atoms. The number of hydrogen-bond donors (Lipinski definition) is 2. The van der Waals surface area contributed by atoms with Crippen molar-refractivity contribution in [1.29, 1.82) is 0 Å². The fraction of sp³-hybridized carbons (Fsp3) is 0.185. The Morgan fingerprint density at radius 2 is 1.44 bits per heavy atom. The van der Waals surface area contributed by atoms with Crippen molar-refractivity contribution in [3.8, 4) is 0 Å². The highest BCUT2D eigenvalue weighted by molar-refractivity contribution is 6.04. The van der Waals surface area contributed by atoms with Crippen LogP contribution >= 0.6 is 0 Å². The summed E-state index contributed by atoms with van der Waals surface area (Å²) in [7, 11) is 0. The quantitative estimate of drug-likeness (QED) is 0.340. The molecule has 0 aromatic heterocycles. The Kier molecular flexibility index (Phi) is 8.68. The molecule has 2 N–H and O–H groups in total. The number of anilines is 2. The first kappa shape index (κ1) is 24.4. The molecule has 7 heteroatoms. The standard InChI is InChI=1S/C27H26N2O5/c1-2-8-25(31)28-21-15-13-20(14-16-21)24(30)18-34-27(33)22-11-6-7-12-23(22)29-26(32)17-19-9-4-3-5-10-19/h3-7,9-16H,2,8,17-18H2,1H3,(H,28,31)(H,29,32). The second-order valence-electron chi connectivity index (χ2n) is 7.63. The van der Waals surface area contributed by atoms with E-state index < -0.39 is 12.6 Å². The van der Waals surface area contributed by atoms with E-state index in [4.69, 9.17) is 4.74 Å². The first-order valence-corrected chi connectivity index (χ1v) is 11.0. The molecule has 0 aliphatic rings. The lowest BCUT2D eigenvalue weighted by molar-refractivity contribution is -0.116. The maximum absolute atomic E-state index is 12.6. The summed E-state index contributed by atoms with van der Waals surface area (Å²) in [6.45, 7) is 1.46. The summed E-state index contributed by atoms with van der Waals surface area (Å²) in [5.41, 5.74) is 2.26. The van der Waals surface area contributed by atoms with Crippen molar-refractivity contribution in [2.75, 3.05) is 17.2 Å². The maximum atomic E-state index is 12.6. The van der Waals surface area contributed by atoms with Crippen molar-refractivity contribution in [1.82, 2.24) is 0 Å². The van der Waals surface area contributed by atoms with E-state index in [1.807, 2.05) is 37.3 Å². The molecule has 2 amide bonds. The van der Waals surface area contributed by atoms with Crippen LogP contribution in [0.1, 0.15) is 46.0 Å². The van der Waals surface area contributed by atoms with Gasteiger partial charge in [-0.1, -0.05) is 49.4 Å². The molecule has 7 nitrogen and oxygen atoms in total. The van der Waals surface area contributed by atoms with E-state index in [1.54, 1.807) is 42.5 Å². The first-order valence-electron chi connectivity index (χ1n) is 11.0. The van der Waals surface area contributed by atoms with Gasteiger partial charge in [-0.2, -0.15) is 0 Å². The lowest BCUT2D eigenvalue weighted by Gasteiger charge is -2.11. The SMILES string of the molecule is CCCC(=O)Nc1ccc(C(=O)COC(=O)c2ccccc2NC(=O)Cc2ccccc2)cc1. The van der Waals surface area contributed by atoms with Crippen molar-refractivity contribution < 1.29 is 23.9 Å². The zero-order valence-electron chi connectivity index (χ0n) is 18.9. The molecule has 0 unspecified atom stereocenters. The van der Waals surface area contributed by atoms with E-state index in [-0.39, 0.29) is 29.6 Å². The number of amides is 2. The Labute approximate surface area is 198 Å². The van der Waals surface area contributed by atoms with Gasteiger partial charge in [0.25, 0.3) is 0 Å². The van der Waals surface area contributed by atoms with Crippen LogP contribution in [0, 0.1) is 0 Å². The molecule has 0 aliphatic heterocycles. The number of carbonyl (C=O) groups excluding carboxylic acids is 4. The number of nitrogens with one attached hydrogen (secondary N) is 2. The van der Waals surface area contributed by atoms with Gasteiger partial charge in [-0.15, -0.1) is 0 Å². The van der Waals surface area contributed by atoms with Gasteiger partial charge in [0.2, 0.25) is 11.8 Å².